The number of aromatic amines is 1. The normalized spacial score (nSPS) is 15.2. The van der Waals surface area contributed by atoms with Crippen LogP contribution in [0.3, 0.4) is 0 Å². The van der Waals surface area contributed by atoms with E-state index in [-0.39, 0.29) is 22.9 Å². The number of halogens is 3. The summed E-state index contributed by atoms with van der Waals surface area (Å²) >= 11 is 0. The molecule has 5 rings (SSSR count). The Morgan fingerprint density at radius 3 is 2.32 bits per heavy atom. The third kappa shape index (κ3) is 3.66. The van der Waals surface area contributed by atoms with Gasteiger partial charge in [-0.1, -0.05) is 36.4 Å². The summed E-state index contributed by atoms with van der Waals surface area (Å²) in [7, 11) is 1.52. The number of amides is 1. The first-order valence-corrected chi connectivity index (χ1v) is 10.7. The molecule has 8 heteroatoms. The van der Waals surface area contributed by atoms with E-state index in [0.717, 1.165) is 17.7 Å². The molecule has 5 nitrogen and oxygen atoms in total. The number of aromatic nitrogens is 1. The molecule has 1 aliphatic heterocycles. The van der Waals surface area contributed by atoms with Gasteiger partial charge in [0.1, 0.15) is 5.82 Å². The molecule has 1 aromatic heterocycles. The number of nitrogens with zero attached hydrogens (tertiary/aromatic N) is 1. The summed E-state index contributed by atoms with van der Waals surface area (Å²) in [4.78, 5) is 29.8. The lowest BCUT2D eigenvalue weighted by molar-refractivity contribution is 0.0718. The zero-order valence-corrected chi connectivity index (χ0v) is 18.2. The molecule has 1 aliphatic rings. The zero-order chi connectivity index (χ0) is 24.0. The zero-order valence-electron chi connectivity index (χ0n) is 18.2. The lowest BCUT2D eigenvalue weighted by Gasteiger charge is -2.34. The summed E-state index contributed by atoms with van der Waals surface area (Å²) in [5.74, 6) is -3.46. The van der Waals surface area contributed by atoms with E-state index in [1.165, 1.54) is 24.1 Å². The van der Waals surface area contributed by atoms with Crippen LogP contribution in [0, 0.1) is 17.5 Å². The van der Waals surface area contributed by atoms with Gasteiger partial charge in [-0.25, -0.2) is 13.2 Å². The van der Waals surface area contributed by atoms with Crippen molar-refractivity contribution < 1.29 is 18.0 Å². The highest BCUT2D eigenvalue weighted by Gasteiger charge is 2.31. The van der Waals surface area contributed by atoms with Crippen molar-refractivity contribution in [1.29, 1.82) is 0 Å². The van der Waals surface area contributed by atoms with Crippen LogP contribution < -0.4 is 10.9 Å². The Kier molecular flexibility index (Phi) is 5.45. The summed E-state index contributed by atoms with van der Waals surface area (Å²) in [6.45, 7) is 0.581. The maximum absolute atomic E-state index is 15.0. The van der Waals surface area contributed by atoms with Gasteiger partial charge in [-0.3, -0.25) is 9.59 Å². The Labute approximate surface area is 192 Å². The van der Waals surface area contributed by atoms with Crippen LogP contribution in [0.5, 0.6) is 0 Å². The second-order valence-corrected chi connectivity index (χ2v) is 8.28. The van der Waals surface area contributed by atoms with E-state index in [9.17, 15) is 18.4 Å². The summed E-state index contributed by atoms with van der Waals surface area (Å²) in [6.07, 6.45) is 0. The van der Waals surface area contributed by atoms with E-state index in [0.29, 0.717) is 23.4 Å². The molecule has 0 bridgehead atoms. The predicted molar refractivity (Wildman–Crippen MR) is 123 cm³/mol. The van der Waals surface area contributed by atoms with Crippen molar-refractivity contribution in [3.05, 3.63) is 105 Å². The Balaban J connectivity index is 1.55. The average molecular weight is 463 g/mol. The second kappa shape index (κ2) is 8.46. The maximum atomic E-state index is 15.0. The molecule has 2 heterocycles. The number of carbonyl (C=O) groups is 1. The third-order valence-corrected chi connectivity index (χ3v) is 6.25. The molecule has 0 radical (unpaired) electrons. The van der Waals surface area contributed by atoms with Crippen molar-refractivity contribution in [3.8, 4) is 11.1 Å². The summed E-state index contributed by atoms with van der Waals surface area (Å²) < 4.78 is 42.9. The number of benzene rings is 3. The predicted octanol–water partition coefficient (Wildman–Crippen LogP) is 4.53. The van der Waals surface area contributed by atoms with E-state index in [4.69, 9.17) is 0 Å². The Hall–Kier alpha value is -3.91. The van der Waals surface area contributed by atoms with Crippen molar-refractivity contribution in [2.45, 2.75) is 12.6 Å². The first-order valence-electron chi connectivity index (χ1n) is 10.7. The summed E-state index contributed by atoms with van der Waals surface area (Å²) in [6, 6.07) is 14.9. The molecule has 1 unspecified atom stereocenters. The van der Waals surface area contributed by atoms with Gasteiger partial charge in [-0.15, -0.1) is 0 Å². The highest BCUT2D eigenvalue weighted by atomic mass is 19.2. The Morgan fingerprint density at radius 2 is 1.62 bits per heavy atom. The number of H-pyrrole nitrogens is 1. The SMILES string of the molecule is CN(C(=O)c1ccc(-c2ccccc2)cc1F)C1CNCc2[nH]c(=O)c3cc(F)c(F)cc3c21. The minimum absolute atomic E-state index is 0.0104. The number of rotatable bonds is 3. The molecule has 0 saturated carbocycles. The molecule has 0 spiro atoms. The topological polar surface area (TPSA) is 65.2 Å². The third-order valence-electron chi connectivity index (χ3n) is 6.25. The van der Waals surface area contributed by atoms with Gasteiger partial charge in [-0.2, -0.15) is 0 Å². The Bertz CT molecular complexity index is 1480. The van der Waals surface area contributed by atoms with Crippen molar-refractivity contribution in [2.24, 2.45) is 0 Å². The van der Waals surface area contributed by atoms with Gasteiger partial charge in [0.2, 0.25) is 0 Å². The molecule has 2 N–H and O–H groups in total. The van der Waals surface area contributed by atoms with Crippen molar-refractivity contribution in [3.63, 3.8) is 0 Å². The first-order chi connectivity index (χ1) is 16.3. The standard InChI is InChI=1S/C26H20F3N3O2/c1-32(26(34)16-8-7-15(9-19(16)27)14-5-3-2-4-6-14)23-13-30-12-22-24(23)17-10-20(28)21(29)11-18(17)25(33)31-22/h2-11,23,30H,12-13H2,1H3,(H,31,33). The molecular weight excluding hydrogens is 443 g/mol. The van der Waals surface area contributed by atoms with Gasteiger partial charge in [0.25, 0.3) is 11.5 Å². The molecule has 3 aromatic carbocycles. The van der Waals surface area contributed by atoms with Crippen LogP contribution >= 0.6 is 0 Å². The van der Waals surface area contributed by atoms with Gasteiger partial charge in [0.15, 0.2) is 11.6 Å². The molecule has 0 aliphatic carbocycles. The van der Waals surface area contributed by atoms with E-state index < -0.39 is 35.0 Å². The largest absolute Gasteiger partial charge is 0.333 e. The van der Waals surface area contributed by atoms with Gasteiger partial charge in [0.05, 0.1) is 17.0 Å². The van der Waals surface area contributed by atoms with Crippen LogP contribution in [0.2, 0.25) is 0 Å². The molecular formula is C26H20F3N3O2. The molecule has 0 fully saturated rings. The molecule has 4 aromatic rings. The summed E-state index contributed by atoms with van der Waals surface area (Å²) in [5, 5.41) is 3.33. The quantitative estimate of drug-likeness (QED) is 0.469. The van der Waals surface area contributed by atoms with Gasteiger partial charge in [-0.05, 0) is 40.8 Å². The number of pyridine rings is 1. The Morgan fingerprint density at radius 1 is 0.912 bits per heavy atom. The van der Waals surface area contributed by atoms with Crippen LogP contribution in [0.15, 0.2) is 65.5 Å². The van der Waals surface area contributed by atoms with Crippen LogP contribution in [0.4, 0.5) is 13.2 Å². The molecule has 172 valence electrons. The van der Waals surface area contributed by atoms with Crippen LogP contribution in [0.25, 0.3) is 21.9 Å². The number of hydrogen-bond donors (Lipinski definition) is 2. The van der Waals surface area contributed by atoms with Crippen LogP contribution in [-0.4, -0.2) is 29.4 Å². The maximum Gasteiger partial charge on any atom is 0.257 e. The number of hydrogen-bond acceptors (Lipinski definition) is 3. The monoisotopic (exact) mass is 463 g/mol. The molecule has 1 atom stereocenters. The van der Waals surface area contributed by atoms with Crippen LogP contribution in [-0.2, 0) is 6.54 Å². The first kappa shape index (κ1) is 21.9. The average Bonchev–Trinajstić information content (AvgIpc) is 2.84. The highest BCUT2D eigenvalue weighted by molar-refractivity contribution is 5.96. The smallest absolute Gasteiger partial charge is 0.257 e. The summed E-state index contributed by atoms with van der Waals surface area (Å²) in [5.41, 5.74) is 1.78. The lowest BCUT2D eigenvalue weighted by atomic mass is 9.93. The molecule has 1 amide bonds. The number of nitrogens with one attached hydrogen (secondary N) is 2. The van der Waals surface area contributed by atoms with Crippen molar-refractivity contribution >= 4 is 16.7 Å². The van der Waals surface area contributed by atoms with Crippen LogP contribution in [0.1, 0.15) is 27.7 Å². The molecule has 34 heavy (non-hydrogen) atoms. The number of carbonyl (C=O) groups excluding carboxylic acids is 1. The van der Waals surface area contributed by atoms with Gasteiger partial charge >= 0.3 is 0 Å². The number of fused-ring (bicyclic) bond motifs is 3. The van der Waals surface area contributed by atoms with E-state index in [1.807, 2.05) is 30.3 Å². The van der Waals surface area contributed by atoms with Crippen molar-refractivity contribution in [2.75, 3.05) is 13.6 Å². The fourth-order valence-corrected chi connectivity index (χ4v) is 4.51. The lowest BCUT2D eigenvalue weighted by Crippen LogP contribution is -2.42. The van der Waals surface area contributed by atoms with E-state index >= 15 is 4.39 Å². The molecule has 0 saturated heterocycles. The second-order valence-electron chi connectivity index (χ2n) is 8.28. The fourth-order valence-electron chi connectivity index (χ4n) is 4.51. The minimum atomic E-state index is -1.13. The minimum Gasteiger partial charge on any atom is -0.333 e. The highest BCUT2D eigenvalue weighted by Crippen LogP contribution is 2.33. The van der Waals surface area contributed by atoms with Gasteiger partial charge in [0, 0.05) is 31.4 Å². The van der Waals surface area contributed by atoms with Crippen molar-refractivity contribution in [1.82, 2.24) is 15.2 Å². The number of likely N-dealkylation sites (N-methyl/N-ethyl adjacent to an activating group) is 1. The fraction of sp³-hybridized carbons (Fsp3) is 0.154. The van der Waals surface area contributed by atoms with Gasteiger partial charge < -0.3 is 15.2 Å². The van der Waals surface area contributed by atoms with E-state index in [1.54, 1.807) is 6.07 Å². The van der Waals surface area contributed by atoms with E-state index in [2.05, 4.69) is 10.3 Å².